The van der Waals surface area contributed by atoms with Crippen LogP contribution in [0.1, 0.15) is 67.2 Å². The van der Waals surface area contributed by atoms with Gasteiger partial charge in [0.1, 0.15) is 0 Å². The standard InChI is InChI=1S/C19H40N2/c1-7-10-20-19-9-8-17(6)11-18(19)14-21(12-15(2)3)13-16(4)5/h15-20H,7-14H2,1-6H3. The first-order valence-electron chi connectivity index (χ1n) is 9.38. The highest BCUT2D eigenvalue weighted by Crippen LogP contribution is 2.30. The van der Waals surface area contributed by atoms with Crippen LogP contribution in [0, 0.1) is 23.7 Å². The topological polar surface area (TPSA) is 15.3 Å². The third-order valence-corrected chi connectivity index (χ3v) is 4.64. The molecular weight excluding hydrogens is 256 g/mol. The zero-order chi connectivity index (χ0) is 15.8. The summed E-state index contributed by atoms with van der Waals surface area (Å²) in [6.07, 6.45) is 5.45. The van der Waals surface area contributed by atoms with E-state index in [1.807, 2.05) is 0 Å². The van der Waals surface area contributed by atoms with Crippen molar-refractivity contribution in [1.29, 1.82) is 0 Å². The summed E-state index contributed by atoms with van der Waals surface area (Å²) < 4.78 is 0. The van der Waals surface area contributed by atoms with Crippen LogP contribution in [0.25, 0.3) is 0 Å². The molecule has 21 heavy (non-hydrogen) atoms. The van der Waals surface area contributed by atoms with Gasteiger partial charge >= 0.3 is 0 Å². The van der Waals surface area contributed by atoms with Gasteiger partial charge in [-0.1, -0.05) is 41.5 Å². The molecule has 0 heterocycles. The van der Waals surface area contributed by atoms with Crippen LogP contribution in [-0.2, 0) is 0 Å². The summed E-state index contributed by atoms with van der Waals surface area (Å²) in [5.74, 6) is 3.30. The minimum Gasteiger partial charge on any atom is -0.314 e. The quantitative estimate of drug-likeness (QED) is 0.678. The lowest BCUT2D eigenvalue weighted by Crippen LogP contribution is -2.47. The van der Waals surface area contributed by atoms with E-state index in [0.29, 0.717) is 0 Å². The first kappa shape index (κ1) is 19.0. The predicted octanol–water partition coefficient (Wildman–Crippen LogP) is 4.40. The van der Waals surface area contributed by atoms with Crippen LogP contribution in [0.5, 0.6) is 0 Å². The second-order valence-electron chi connectivity index (χ2n) is 8.25. The maximum absolute atomic E-state index is 3.83. The van der Waals surface area contributed by atoms with Gasteiger partial charge in [-0.2, -0.15) is 0 Å². The molecule has 0 amide bonds. The average Bonchev–Trinajstić information content (AvgIpc) is 2.36. The fourth-order valence-electron chi connectivity index (χ4n) is 3.89. The molecule has 1 rings (SSSR count). The molecule has 0 saturated heterocycles. The van der Waals surface area contributed by atoms with Crippen molar-refractivity contribution in [3.8, 4) is 0 Å². The molecule has 1 aliphatic carbocycles. The Kier molecular flexibility index (Phi) is 8.89. The monoisotopic (exact) mass is 296 g/mol. The van der Waals surface area contributed by atoms with Gasteiger partial charge in [0.05, 0.1) is 0 Å². The highest BCUT2D eigenvalue weighted by atomic mass is 15.1. The zero-order valence-corrected chi connectivity index (χ0v) is 15.5. The van der Waals surface area contributed by atoms with Crippen LogP contribution in [0.2, 0.25) is 0 Å². The van der Waals surface area contributed by atoms with Gasteiger partial charge in [-0.15, -0.1) is 0 Å². The Hall–Kier alpha value is -0.0800. The summed E-state index contributed by atoms with van der Waals surface area (Å²) >= 11 is 0. The molecule has 0 spiro atoms. The van der Waals surface area contributed by atoms with Crippen molar-refractivity contribution in [1.82, 2.24) is 10.2 Å². The summed E-state index contributed by atoms with van der Waals surface area (Å²) in [5.41, 5.74) is 0. The molecule has 0 bridgehead atoms. The Morgan fingerprint density at radius 2 is 1.67 bits per heavy atom. The molecule has 0 radical (unpaired) electrons. The van der Waals surface area contributed by atoms with E-state index in [1.54, 1.807) is 0 Å². The molecule has 1 saturated carbocycles. The van der Waals surface area contributed by atoms with Crippen molar-refractivity contribution < 1.29 is 0 Å². The summed E-state index contributed by atoms with van der Waals surface area (Å²) in [6.45, 7) is 19.1. The van der Waals surface area contributed by atoms with Gasteiger partial charge in [0.25, 0.3) is 0 Å². The molecule has 0 aromatic heterocycles. The van der Waals surface area contributed by atoms with Crippen molar-refractivity contribution in [2.24, 2.45) is 23.7 Å². The van der Waals surface area contributed by atoms with E-state index < -0.39 is 0 Å². The smallest absolute Gasteiger partial charge is 0.0108 e. The van der Waals surface area contributed by atoms with Crippen molar-refractivity contribution in [2.45, 2.75) is 73.3 Å². The third kappa shape index (κ3) is 7.65. The summed E-state index contributed by atoms with van der Waals surface area (Å²) in [7, 11) is 0. The van der Waals surface area contributed by atoms with Crippen LogP contribution in [0.3, 0.4) is 0 Å². The molecule has 0 aliphatic heterocycles. The number of hydrogen-bond acceptors (Lipinski definition) is 2. The van der Waals surface area contributed by atoms with E-state index in [1.165, 1.54) is 51.9 Å². The largest absolute Gasteiger partial charge is 0.314 e. The van der Waals surface area contributed by atoms with Gasteiger partial charge in [0.15, 0.2) is 0 Å². The Bertz CT molecular complexity index is 250. The lowest BCUT2D eigenvalue weighted by molar-refractivity contribution is 0.126. The average molecular weight is 297 g/mol. The normalized spacial score (nSPS) is 27.0. The van der Waals surface area contributed by atoms with E-state index in [2.05, 4.69) is 51.8 Å². The van der Waals surface area contributed by atoms with E-state index in [9.17, 15) is 0 Å². The molecular formula is C19H40N2. The highest BCUT2D eigenvalue weighted by molar-refractivity contribution is 4.86. The van der Waals surface area contributed by atoms with Crippen LogP contribution in [0.15, 0.2) is 0 Å². The Morgan fingerprint density at radius 1 is 1.05 bits per heavy atom. The molecule has 126 valence electrons. The van der Waals surface area contributed by atoms with Gasteiger partial charge < -0.3 is 10.2 Å². The van der Waals surface area contributed by atoms with Crippen LogP contribution in [-0.4, -0.2) is 37.1 Å². The number of nitrogens with zero attached hydrogens (tertiary/aromatic N) is 1. The molecule has 1 N–H and O–H groups in total. The van der Waals surface area contributed by atoms with Gasteiger partial charge in [-0.3, -0.25) is 0 Å². The van der Waals surface area contributed by atoms with Crippen LogP contribution >= 0.6 is 0 Å². The van der Waals surface area contributed by atoms with Gasteiger partial charge in [0.2, 0.25) is 0 Å². The zero-order valence-electron chi connectivity index (χ0n) is 15.5. The molecule has 2 nitrogen and oxygen atoms in total. The number of hydrogen-bond donors (Lipinski definition) is 1. The van der Waals surface area contributed by atoms with Gasteiger partial charge in [0, 0.05) is 25.7 Å². The molecule has 1 fully saturated rings. The molecule has 0 aromatic rings. The van der Waals surface area contributed by atoms with Gasteiger partial charge in [-0.05, 0) is 55.9 Å². The van der Waals surface area contributed by atoms with E-state index in [4.69, 9.17) is 0 Å². The molecule has 1 aliphatic rings. The molecule has 3 atom stereocenters. The molecule has 2 heteroatoms. The first-order valence-corrected chi connectivity index (χ1v) is 9.38. The van der Waals surface area contributed by atoms with Crippen molar-refractivity contribution >= 4 is 0 Å². The van der Waals surface area contributed by atoms with Gasteiger partial charge in [-0.25, -0.2) is 0 Å². The minimum absolute atomic E-state index is 0.753. The molecule has 3 unspecified atom stereocenters. The fraction of sp³-hybridized carbons (Fsp3) is 1.00. The van der Waals surface area contributed by atoms with E-state index >= 15 is 0 Å². The van der Waals surface area contributed by atoms with Crippen molar-refractivity contribution in [2.75, 3.05) is 26.2 Å². The van der Waals surface area contributed by atoms with E-state index in [0.717, 1.165) is 29.7 Å². The fourth-order valence-corrected chi connectivity index (χ4v) is 3.89. The minimum atomic E-state index is 0.753. The maximum Gasteiger partial charge on any atom is 0.0108 e. The second kappa shape index (κ2) is 9.84. The first-order chi connectivity index (χ1) is 9.92. The number of rotatable bonds is 9. The Balaban J connectivity index is 2.61. The molecule has 0 aromatic carbocycles. The van der Waals surface area contributed by atoms with Crippen molar-refractivity contribution in [3.63, 3.8) is 0 Å². The summed E-state index contributed by atoms with van der Waals surface area (Å²) in [4.78, 5) is 2.73. The predicted molar refractivity (Wildman–Crippen MR) is 94.7 cm³/mol. The lowest BCUT2D eigenvalue weighted by Gasteiger charge is -2.39. The summed E-state index contributed by atoms with van der Waals surface area (Å²) in [5, 5.41) is 3.83. The SMILES string of the molecule is CCCNC1CCC(C)CC1CN(CC(C)C)CC(C)C. The third-order valence-electron chi connectivity index (χ3n) is 4.64. The Morgan fingerprint density at radius 3 is 2.19 bits per heavy atom. The lowest BCUT2D eigenvalue weighted by atomic mass is 9.78. The number of nitrogens with one attached hydrogen (secondary N) is 1. The summed E-state index contributed by atoms with van der Waals surface area (Å²) in [6, 6.07) is 0.753. The van der Waals surface area contributed by atoms with Crippen LogP contribution < -0.4 is 5.32 Å². The maximum atomic E-state index is 3.83. The Labute approximate surface area is 134 Å². The van der Waals surface area contributed by atoms with Crippen LogP contribution in [0.4, 0.5) is 0 Å². The van der Waals surface area contributed by atoms with Crippen molar-refractivity contribution in [3.05, 3.63) is 0 Å². The van der Waals surface area contributed by atoms with E-state index in [-0.39, 0.29) is 0 Å². The second-order valence-corrected chi connectivity index (χ2v) is 8.25. The highest BCUT2D eigenvalue weighted by Gasteiger charge is 2.29.